The highest BCUT2D eigenvalue weighted by molar-refractivity contribution is 5.20. The van der Waals surface area contributed by atoms with Crippen LogP contribution in [0.4, 0.5) is 0 Å². The van der Waals surface area contributed by atoms with Crippen LogP contribution in [0.15, 0.2) is 23.0 Å². The highest BCUT2D eigenvalue weighted by atomic mass is 16.5. The topological polar surface area (TPSA) is 59.6 Å². The predicted molar refractivity (Wildman–Crippen MR) is 90.6 cm³/mol. The van der Waals surface area contributed by atoms with Crippen molar-refractivity contribution in [1.29, 1.82) is 0 Å². The van der Waals surface area contributed by atoms with Crippen LogP contribution in [-0.4, -0.2) is 65.2 Å². The molecule has 0 amide bonds. The quantitative estimate of drug-likeness (QED) is 0.684. The summed E-state index contributed by atoms with van der Waals surface area (Å²) in [5.74, 6) is 0.303. The molecule has 3 heterocycles. The van der Waals surface area contributed by atoms with Gasteiger partial charge in [-0.05, 0) is 27.1 Å². The molecule has 0 unspecified atom stereocenters. The van der Waals surface area contributed by atoms with Crippen LogP contribution in [0, 0.1) is 0 Å². The molecule has 2 aromatic rings. The Morgan fingerprint density at radius 3 is 3.00 bits per heavy atom. The first kappa shape index (κ1) is 17.1. The van der Waals surface area contributed by atoms with Gasteiger partial charge in [0.1, 0.15) is 5.69 Å². The Kier molecular flexibility index (Phi) is 5.65. The molecular formula is C17H27N5O2. The molecule has 24 heavy (non-hydrogen) atoms. The first-order valence-electron chi connectivity index (χ1n) is 8.55. The summed E-state index contributed by atoms with van der Waals surface area (Å²) < 4.78 is 13.1. The number of ether oxygens (including phenoxy) is 1. The van der Waals surface area contributed by atoms with Crippen molar-refractivity contribution in [2.24, 2.45) is 0 Å². The lowest BCUT2D eigenvalue weighted by Crippen LogP contribution is -2.36. The Labute approximate surface area is 143 Å². The van der Waals surface area contributed by atoms with E-state index in [9.17, 15) is 0 Å². The number of hydrogen-bond donors (Lipinski definition) is 0. The molecule has 0 spiro atoms. The lowest BCUT2D eigenvalue weighted by Gasteiger charge is -2.32. The van der Waals surface area contributed by atoms with Crippen molar-refractivity contribution in [1.82, 2.24) is 24.8 Å². The molecule has 0 aliphatic carbocycles. The number of rotatable bonds is 8. The molecule has 3 rings (SSSR count). The summed E-state index contributed by atoms with van der Waals surface area (Å²) in [5.41, 5.74) is 3.51. The average Bonchev–Trinajstić information content (AvgIpc) is 3.20. The van der Waals surface area contributed by atoms with Gasteiger partial charge in [0.15, 0.2) is 0 Å². The molecule has 1 aliphatic heterocycles. The van der Waals surface area contributed by atoms with Crippen molar-refractivity contribution in [3.8, 4) is 0 Å². The summed E-state index contributed by atoms with van der Waals surface area (Å²) in [5, 5.41) is 8.71. The average molecular weight is 333 g/mol. The summed E-state index contributed by atoms with van der Waals surface area (Å²) in [6, 6.07) is 2.01. The predicted octanol–water partition coefficient (Wildman–Crippen LogP) is 1.57. The summed E-state index contributed by atoms with van der Waals surface area (Å²) in [4.78, 5) is 4.52. The van der Waals surface area contributed by atoms with E-state index in [1.165, 1.54) is 11.3 Å². The van der Waals surface area contributed by atoms with Gasteiger partial charge in [-0.25, -0.2) is 4.68 Å². The first-order chi connectivity index (χ1) is 11.7. The molecule has 1 atom stereocenters. The molecule has 0 N–H and O–H groups in total. The largest absolute Gasteiger partial charge is 0.472 e. The number of fused-ring (bicyclic) bond motifs is 1. The zero-order chi connectivity index (χ0) is 16.9. The van der Waals surface area contributed by atoms with Crippen molar-refractivity contribution in [2.45, 2.75) is 32.5 Å². The molecular weight excluding hydrogens is 306 g/mol. The van der Waals surface area contributed by atoms with Crippen molar-refractivity contribution < 1.29 is 9.15 Å². The molecule has 0 radical (unpaired) electrons. The van der Waals surface area contributed by atoms with Crippen LogP contribution in [0.5, 0.6) is 0 Å². The van der Waals surface area contributed by atoms with Crippen LogP contribution >= 0.6 is 0 Å². The maximum Gasteiger partial charge on any atom is 0.100 e. The Morgan fingerprint density at radius 1 is 1.42 bits per heavy atom. The second-order valence-electron chi connectivity index (χ2n) is 6.61. The maximum atomic E-state index is 5.94. The zero-order valence-corrected chi connectivity index (χ0v) is 14.8. The monoisotopic (exact) mass is 333 g/mol. The van der Waals surface area contributed by atoms with Gasteiger partial charge >= 0.3 is 0 Å². The van der Waals surface area contributed by atoms with Gasteiger partial charge in [0, 0.05) is 44.2 Å². The molecule has 0 saturated carbocycles. The fourth-order valence-electron chi connectivity index (χ4n) is 3.19. The summed E-state index contributed by atoms with van der Waals surface area (Å²) in [6.45, 7) is 7.98. The van der Waals surface area contributed by atoms with Crippen LogP contribution in [0.3, 0.4) is 0 Å². The van der Waals surface area contributed by atoms with E-state index in [4.69, 9.17) is 9.15 Å². The molecule has 1 aliphatic rings. The minimum atomic E-state index is 0.303. The van der Waals surface area contributed by atoms with E-state index in [0.717, 1.165) is 45.0 Å². The van der Waals surface area contributed by atoms with Crippen LogP contribution < -0.4 is 0 Å². The van der Waals surface area contributed by atoms with Gasteiger partial charge in [-0.1, -0.05) is 5.21 Å². The highest BCUT2D eigenvalue weighted by Gasteiger charge is 2.30. The fraction of sp³-hybridized carbons (Fsp3) is 0.647. The van der Waals surface area contributed by atoms with Crippen molar-refractivity contribution in [2.75, 3.05) is 40.4 Å². The molecule has 0 aromatic carbocycles. The Bertz CT molecular complexity index is 623. The van der Waals surface area contributed by atoms with Gasteiger partial charge in [0.05, 0.1) is 31.4 Å². The second-order valence-corrected chi connectivity index (χ2v) is 6.61. The van der Waals surface area contributed by atoms with Gasteiger partial charge < -0.3 is 14.1 Å². The smallest absolute Gasteiger partial charge is 0.100 e. The number of furan rings is 1. The lowest BCUT2D eigenvalue weighted by molar-refractivity contribution is 0.0832. The van der Waals surface area contributed by atoms with E-state index >= 15 is 0 Å². The summed E-state index contributed by atoms with van der Waals surface area (Å²) in [7, 11) is 4.12. The lowest BCUT2D eigenvalue weighted by atomic mass is 9.98. The number of nitrogens with zero attached hydrogens (tertiary/aromatic N) is 5. The highest BCUT2D eigenvalue weighted by Crippen LogP contribution is 2.28. The molecule has 2 aromatic heterocycles. The van der Waals surface area contributed by atoms with Crippen LogP contribution in [-0.2, 0) is 24.4 Å². The van der Waals surface area contributed by atoms with E-state index < -0.39 is 0 Å². The number of aromatic nitrogens is 3. The van der Waals surface area contributed by atoms with Crippen molar-refractivity contribution in [3.05, 3.63) is 35.5 Å². The van der Waals surface area contributed by atoms with E-state index in [1.54, 1.807) is 12.5 Å². The van der Waals surface area contributed by atoms with Gasteiger partial charge in [0.2, 0.25) is 0 Å². The summed E-state index contributed by atoms with van der Waals surface area (Å²) in [6.07, 6.45) is 3.53. The second kappa shape index (κ2) is 7.92. The first-order valence-corrected chi connectivity index (χ1v) is 8.55. The standard InChI is InChI=1S/C17H27N5O2/c1-4-22-17-15(13-24-8-6-20(2)3)10-21(11-16(17)18-19-22)9-14-5-7-23-12-14/h5,7,12,15H,4,6,8-11,13H2,1-3H3/t15-/m0/s1. The van der Waals surface area contributed by atoms with Crippen molar-refractivity contribution >= 4 is 0 Å². The molecule has 7 heteroatoms. The molecule has 7 nitrogen and oxygen atoms in total. The SMILES string of the molecule is CCn1nnc2c1[C@H](COCCN(C)C)CN(Cc1ccoc1)C2. The van der Waals surface area contributed by atoms with E-state index in [1.807, 2.05) is 10.7 Å². The van der Waals surface area contributed by atoms with Crippen LogP contribution in [0.25, 0.3) is 0 Å². The molecule has 0 bridgehead atoms. The zero-order valence-electron chi connectivity index (χ0n) is 14.8. The minimum absolute atomic E-state index is 0.303. The fourth-order valence-corrected chi connectivity index (χ4v) is 3.19. The Balaban J connectivity index is 1.68. The number of hydrogen-bond acceptors (Lipinski definition) is 6. The van der Waals surface area contributed by atoms with Gasteiger partial charge in [0.25, 0.3) is 0 Å². The molecule has 132 valence electrons. The van der Waals surface area contributed by atoms with Crippen molar-refractivity contribution in [3.63, 3.8) is 0 Å². The third-order valence-electron chi connectivity index (χ3n) is 4.37. The van der Waals surface area contributed by atoms with E-state index in [2.05, 4.69) is 41.1 Å². The van der Waals surface area contributed by atoms with Gasteiger partial charge in [-0.2, -0.15) is 0 Å². The van der Waals surface area contributed by atoms with Crippen LogP contribution in [0.1, 0.15) is 29.8 Å². The van der Waals surface area contributed by atoms with Gasteiger partial charge in [-0.15, -0.1) is 5.10 Å². The molecule has 0 fully saturated rings. The normalized spacial score (nSPS) is 18.2. The third-order valence-corrected chi connectivity index (χ3v) is 4.37. The Hall–Kier alpha value is -1.70. The number of likely N-dealkylation sites (N-methyl/N-ethyl adjacent to an activating group) is 1. The van der Waals surface area contributed by atoms with E-state index in [0.29, 0.717) is 12.5 Å². The maximum absolute atomic E-state index is 5.94. The number of aryl methyl sites for hydroxylation is 1. The van der Waals surface area contributed by atoms with Gasteiger partial charge in [-0.3, -0.25) is 4.90 Å². The third kappa shape index (κ3) is 4.03. The summed E-state index contributed by atoms with van der Waals surface area (Å²) >= 11 is 0. The van der Waals surface area contributed by atoms with E-state index in [-0.39, 0.29) is 0 Å². The Morgan fingerprint density at radius 2 is 2.29 bits per heavy atom. The van der Waals surface area contributed by atoms with Crippen LogP contribution in [0.2, 0.25) is 0 Å². The molecule has 0 saturated heterocycles. The minimum Gasteiger partial charge on any atom is -0.472 e.